The number of hydrogen-bond acceptors (Lipinski definition) is 3. The highest BCUT2D eigenvalue weighted by Gasteiger charge is 2.15. The molecule has 22 heavy (non-hydrogen) atoms. The van der Waals surface area contributed by atoms with Crippen LogP contribution in [0.25, 0.3) is 0 Å². The van der Waals surface area contributed by atoms with Crippen molar-refractivity contribution in [3.63, 3.8) is 0 Å². The van der Waals surface area contributed by atoms with Crippen LogP contribution in [-0.2, 0) is 10.1 Å². The summed E-state index contributed by atoms with van der Waals surface area (Å²) in [6.07, 6.45) is 14.9. The zero-order chi connectivity index (χ0) is 16.9. The minimum absolute atomic E-state index is 0.242. The second kappa shape index (κ2) is 12.6. The van der Waals surface area contributed by atoms with Crippen molar-refractivity contribution in [2.24, 2.45) is 0 Å². The van der Waals surface area contributed by atoms with Crippen LogP contribution in [0.2, 0.25) is 0 Å². The van der Waals surface area contributed by atoms with Gasteiger partial charge in [0.25, 0.3) is 10.1 Å². The lowest BCUT2D eigenvalue weighted by atomic mass is 10.1. The zero-order valence-electron chi connectivity index (χ0n) is 14.4. The lowest BCUT2D eigenvalue weighted by molar-refractivity contribution is 0.482. The molecule has 0 spiro atoms. The van der Waals surface area contributed by atoms with E-state index in [9.17, 15) is 13.0 Å². The van der Waals surface area contributed by atoms with E-state index in [0.717, 1.165) is 18.6 Å². The van der Waals surface area contributed by atoms with Crippen LogP contribution >= 0.6 is 10.3 Å². The molecule has 0 aromatic carbocycles. The number of hydrogen-bond donors (Lipinski definition) is 2. The third-order valence-corrected chi connectivity index (χ3v) is 7.06. The Balaban J connectivity index is 3.45. The van der Waals surface area contributed by atoms with E-state index < -0.39 is 20.4 Å². The third kappa shape index (κ3) is 16.6. The maximum absolute atomic E-state index is 10.6. The predicted molar refractivity (Wildman–Crippen MR) is 98.8 cm³/mol. The van der Waals surface area contributed by atoms with Gasteiger partial charge in [0.15, 0.2) is 0 Å². The van der Waals surface area contributed by atoms with E-state index in [1.54, 1.807) is 0 Å². The van der Waals surface area contributed by atoms with Crippen LogP contribution < -0.4 is 0 Å². The van der Waals surface area contributed by atoms with Crippen molar-refractivity contribution in [3.8, 4) is 0 Å². The molecule has 0 amide bonds. The van der Waals surface area contributed by atoms with E-state index in [4.69, 9.17) is 4.55 Å². The maximum atomic E-state index is 10.6. The average molecular weight is 357 g/mol. The summed E-state index contributed by atoms with van der Waals surface area (Å²) in [4.78, 5) is 0. The first-order valence-corrected chi connectivity index (χ1v) is 12.6. The summed E-state index contributed by atoms with van der Waals surface area (Å²) < 4.78 is 40.2. The largest absolute Gasteiger partial charge is 0.352 e. The molecule has 0 aromatic rings. The summed E-state index contributed by atoms with van der Waals surface area (Å²) in [7, 11) is -5.58. The van der Waals surface area contributed by atoms with Gasteiger partial charge in [0, 0.05) is 0 Å². The molecular formula is C16H36O4S2. The molecule has 0 fully saturated rings. The Morgan fingerprint density at radius 3 is 1.50 bits per heavy atom. The van der Waals surface area contributed by atoms with Gasteiger partial charge in [-0.15, -0.1) is 10.3 Å². The molecule has 1 atom stereocenters. The van der Waals surface area contributed by atoms with Gasteiger partial charge in [-0.25, -0.2) is 0 Å². The molecule has 2 N–H and O–H groups in total. The Morgan fingerprint density at radius 1 is 0.636 bits per heavy atom. The highest BCUT2D eigenvalue weighted by molar-refractivity contribution is 8.28. The minimum atomic E-state index is -3.89. The second-order valence-corrected chi connectivity index (χ2v) is 11.3. The van der Waals surface area contributed by atoms with Crippen molar-refractivity contribution < 1.29 is 17.5 Å². The van der Waals surface area contributed by atoms with E-state index in [2.05, 4.69) is 6.92 Å². The standard InChI is InChI=1S/C16H36O4S2/c1-3-4-5-6-7-8-9-10-11-12-14-21(2,17)15-13-16-22(18,19)20/h17H,3-16H2,1-2H3,(H,18,19,20). The first-order chi connectivity index (χ1) is 10.3. The molecule has 0 radical (unpaired) electrons. The summed E-state index contributed by atoms with van der Waals surface area (Å²) in [5, 5.41) is 0. The molecule has 6 heteroatoms. The van der Waals surface area contributed by atoms with Crippen LogP contribution in [-0.4, -0.2) is 41.0 Å². The number of unbranched alkanes of at least 4 members (excludes halogenated alkanes) is 9. The number of rotatable bonds is 15. The van der Waals surface area contributed by atoms with E-state index in [1.165, 1.54) is 51.4 Å². The molecule has 0 bridgehead atoms. The Morgan fingerprint density at radius 2 is 1.05 bits per heavy atom. The molecule has 0 aromatic heterocycles. The summed E-state index contributed by atoms with van der Waals surface area (Å²) >= 11 is 0. The van der Waals surface area contributed by atoms with Crippen molar-refractivity contribution in [1.29, 1.82) is 0 Å². The van der Waals surface area contributed by atoms with Gasteiger partial charge in [0.1, 0.15) is 0 Å². The Bertz CT molecular complexity index is 353. The molecule has 0 saturated carbocycles. The SMILES string of the molecule is CCCCCCCCCCCCS(C)(O)CCCS(=O)(=O)O. The van der Waals surface area contributed by atoms with Crippen molar-refractivity contribution in [2.75, 3.05) is 23.5 Å². The molecule has 0 aliphatic heterocycles. The van der Waals surface area contributed by atoms with E-state index in [1.807, 2.05) is 6.26 Å². The molecule has 1 unspecified atom stereocenters. The zero-order valence-corrected chi connectivity index (χ0v) is 16.1. The quantitative estimate of drug-likeness (QED) is 0.316. The molecule has 0 aliphatic rings. The van der Waals surface area contributed by atoms with Crippen molar-refractivity contribution >= 4 is 20.4 Å². The van der Waals surface area contributed by atoms with Crippen LogP contribution in [0, 0.1) is 0 Å². The van der Waals surface area contributed by atoms with E-state index in [-0.39, 0.29) is 5.75 Å². The minimum Gasteiger partial charge on any atom is -0.352 e. The summed E-state index contributed by atoms with van der Waals surface area (Å²) in [6, 6.07) is 0. The van der Waals surface area contributed by atoms with Gasteiger partial charge in [-0.3, -0.25) is 4.55 Å². The van der Waals surface area contributed by atoms with Gasteiger partial charge in [0.05, 0.1) is 5.75 Å². The summed E-state index contributed by atoms with van der Waals surface area (Å²) in [5.74, 6) is 1.05. The fraction of sp³-hybridized carbons (Fsp3) is 1.00. The lowest BCUT2D eigenvalue weighted by Gasteiger charge is -2.29. The fourth-order valence-electron chi connectivity index (χ4n) is 2.55. The molecule has 0 saturated heterocycles. The van der Waals surface area contributed by atoms with Crippen molar-refractivity contribution in [3.05, 3.63) is 0 Å². The predicted octanol–water partition coefficient (Wildman–Crippen LogP) is 5.09. The summed E-state index contributed by atoms with van der Waals surface area (Å²) in [6.45, 7) is 2.24. The lowest BCUT2D eigenvalue weighted by Crippen LogP contribution is -2.12. The van der Waals surface area contributed by atoms with Gasteiger partial charge >= 0.3 is 0 Å². The smallest absolute Gasteiger partial charge is 0.264 e. The molecule has 0 heterocycles. The molecular weight excluding hydrogens is 320 g/mol. The summed E-state index contributed by atoms with van der Waals surface area (Å²) in [5.41, 5.74) is 0. The van der Waals surface area contributed by atoms with Gasteiger partial charge in [-0.2, -0.15) is 8.42 Å². The fourth-order valence-corrected chi connectivity index (χ4v) is 5.04. The van der Waals surface area contributed by atoms with Crippen LogP contribution in [0.1, 0.15) is 77.6 Å². The normalized spacial score (nSPS) is 16.4. The first kappa shape index (κ1) is 22.2. The Labute approximate surface area is 139 Å². The van der Waals surface area contributed by atoms with E-state index >= 15 is 0 Å². The first-order valence-electron chi connectivity index (χ1n) is 8.68. The van der Waals surface area contributed by atoms with E-state index in [0.29, 0.717) is 12.2 Å². The van der Waals surface area contributed by atoms with Crippen LogP contribution in [0.3, 0.4) is 0 Å². The van der Waals surface area contributed by atoms with Gasteiger partial charge < -0.3 is 4.55 Å². The van der Waals surface area contributed by atoms with Crippen molar-refractivity contribution in [1.82, 2.24) is 0 Å². The van der Waals surface area contributed by atoms with Crippen molar-refractivity contribution in [2.45, 2.75) is 77.6 Å². The molecule has 136 valence electrons. The monoisotopic (exact) mass is 356 g/mol. The Hall–Kier alpha value is 0.220. The second-order valence-electron chi connectivity index (χ2n) is 6.45. The van der Waals surface area contributed by atoms with Gasteiger partial charge in [-0.1, -0.05) is 64.7 Å². The van der Waals surface area contributed by atoms with Gasteiger partial charge in [-0.05, 0) is 30.6 Å². The van der Waals surface area contributed by atoms with Crippen LogP contribution in [0.15, 0.2) is 0 Å². The van der Waals surface area contributed by atoms with Crippen LogP contribution in [0.5, 0.6) is 0 Å². The highest BCUT2D eigenvalue weighted by Crippen LogP contribution is 2.40. The third-order valence-electron chi connectivity index (χ3n) is 3.92. The maximum Gasteiger partial charge on any atom is 0.264 e. The topological polar surface area (TPSA) is 74.6 Å². The molecule has 0 aliphatic carbocycles. The van der Waals surface area contributed by atoms with Gasteiger partial charge in [0.2, 0.25) is 0 Å². The molecule has 0 rings (SSSR count). The highest BCUT2D eigenvalue weighted by atomic mass is 32.3. The average Bonchev–Trinajstić information content (AvgIpc) is 2.39. The Kier molecular flexibility index (Phi) is 12.7. The molecule has 4 nitrogen and oxygen atoms in total. The van der Waals surface area contributed by atoms with Crippen LogP contribution in [0.4, 0.5) is 0 Å².